The fraction of sp³-hybridized carbons (Fsp3) is 0.917. The van der Waals surface area contributed by atoms with E-state index in [1.165, 1.54) is 6.42 Å². The van der Waals surface area contributed by atoms with Crippen molar-refractivity contribution >= 4 is 5.91 Å². The van der Waals surface area contributed by atoms with Crippen LogP contribution < -0.4 is 5.73 Å². The highest BCUT2D eigenvalue weighted by Gasteiger charge is 2.39. The van der Waals surface area contributed by atoms with Gasteiger partial charge in [0.25, 0.3) is 0 Å². The summed E-state index contributed by atoms with van der Waals surface area (Å²) in [4.78, 5) is 13.9. The number of rotatable bonds is 3. The van der Waals surface area contributed by atoms with E-state index in [9.17, 15) is 9.90 Å². The fourth-order valence-corrected chi connectivity index (χ4v) is 2.74. The molecule has 0 spiro atoms. The molecule has 1 amide bonds. The summed E-state index contributed by atoms with van der Waals surface area (Å²) in [6, 6.07) is 0. The smallest absolute Gasteiger partial charge is 0.223 e. The Hall–Kier alpha value is -0.610. The Bertz CT molecular complexity index is 258. The first-order valence-electron chi connectivity index (χ1n) is 6.31. The number of nitrogens with zero attached hydrogens (tertiary/aromatic N) is 1. The minimum atomic E-state index is -0.326. The number of aliphatic hydroxyl groups is 1. The molecule has 0 aromatic rings. The summed E-state index contributed by atoms with van der Waals surface area (Å²) in [6.45, 7) is 1.94. The first kappa shape index (κ1) is 11.9. The number of likely N-dealkylation sites (tertiary alicyclic amines) is 1. The maximum atomic E-state index is 12.1. The molecule has 1 atom stereocenters. The molecule has 0 radical (unpaired) electrons. The van der Waals surface area contributed by atoms with E-state index in [0.29, 0.717) is 19.5 Å². The Morgan fingerprint density at radius 2 is 2.19 bits per heavy atom. The predicted molar refractivity (Wildman–Crippen MR) is 61.8 cm³/mol. The van der Waals surface area contributed by atoms with E-state index < -0.39 is 0 Å². The lowest BCUT2D eigenvalue weighted by atomic mass is 9.66. The molecular formula is C12H22N2O2. The van der Waals surface area contributed by atoms with Crippen LogP contribution in [-0.2, 0) is 4.79 Å². The van der Waals surface area contributed by atoms with E-state index in [0.717, 1.165) is 32.2 Å². The van der Waals surface area contributed by atoms with E-state index in [-0.39, 0.29) is 17.4 Å². The molecule has 1 aliphatic heterocycles. The summed E-state index contributed by atoms with van der Waals surface area (Å²) in [5, 5.41) is 9.54. The summed E-state index contributed by atoms with van der Waals surface area (Å²) in [6.07, 6.45) is 5.38. The zero-order valence-corrected chi connectivity index (χ0v) is 9.82. The van der Waals surface area contributed by atoms with Crippen LogP contribution in [0.3, 0.4) is 0 Å². The molecule has 2 rings (SSSR count). The average Bonchev–Trinajstić information content (AvgIpc) is 2.23. The Morgan fingerprint density at radius 1 is 1.44 bits per heavy atom. The predicted octanol–water partition coefficient (Wildman–Crippen LogP) is 0.489. The summed E-state index contributed by atoms with van der Waals surface area (Å²) < 4.78 is 0. The molecule has 4 nitrogen and oxygen atoms in total. The zero-order valence-electron chi connectivity index (χ0n) is 9.82. The molecule has 1 saturated heterocycles. The normalized spacial score (nSPS) is 28.6. The monoisotopic (exact) mass is 226 g/mol. The Morgan fingerprint density at radius 3 is 2.69 bits per heavy atom. The molecule has 92 valence electrons. The second kappa shape index (κ2) is 4.72. The lowest BCUT2D eigenvalue weighted by molar-refractivity contribution is -0.138. The summed E-state index contributed by atoms with van der Waals surface area (Å²) in [5.74, 6) is 0.184. The van der Waals surface area contributed by atoms with Crippen LogP contribution in [0, 0.1) is 5.41 Å². The first-order chi connectivity index (χ1) is 7.65. The quantitative estimate of drug-likeness (QED) is 0.736. The van der Waals surface area contributed by atoms with E-state index in [4.69, 9.17) is 5.73 Å². The van der Waals surface area contributed by atoms with Gasteiger partial charge in [0.2, 0.25) is 5.91 Å². The van der Waals surface area contributed by atoms with E-state index in [1.807, 2.05) is 4.90 Å². The van der Waals surface area contributed by atoms with Gasteiger partial charge >= 0.3 is 0 Å². The summed E-state index contributed by atoms with van der Waals surface area (Å²) >= 11 is 0. The molecule has 0 aromatic heterocycles. The van der Waals surface area contributed by atoms with Crippen molar-refractivity contribution in [2.75, 3.05) is 19.6 Å². The number of β-amino-alcohol motifs (C(OH)–C–C–N with tert-alkyl or cyclic N) is 1. The maximum Gasteiger partial charge on any atom is 0.223 e. The van der Waals surface area contributed by atoms with Crippen LogP contribution in [0.1, 0.15) is 38.5 Å². The molecule has 1 unspecified atom stereocenters. The molecular weight excluding hydrogens is 204 g/mol. The van der Waals surface area contributed by atoms with Gasteiger partial charge < -0.3 is 15.7 Å². The third kappa shape index (κ3) is 2.38. The summed E-state index contributed by atoms with van der Waals surface area (Å²) in [5.41, 5.74) is 5.84. The molecule has 1 heterocycles. The number of carbonyl (C=O) groups excluding carboxylic acids is 1. The van der Waals surface area contributed by atoms with Gasteiger partial charge in [0, 0.05) is 19.5 Å². The molecule has 1 saturated carbocycles. The van der Waals surface area contributed by atoms with E-state index >= 15 is 0 Å². The third-order valence-electron chi connectivity index (χ3n) is 4.12. The van der Waals surface area contributed by atoms with Gasteiger partial charge in [-0.3, -0.25) is 4.79 Å². The van der Waals surface area contributed by atoms with Gasteiger partial charge in [0.1, 0.15) is 0 Å². The SMILES string of the molecule is NCC1(CC(=O)N2CCCC(O)C2)CCC1. The van der Waals surface area contributed by atoms with Crippen LogP contribution >= 0.6 is 0 Å². The molecule has 2 fully saturated rings. The van der Waals surface area contributed by atoms with Crippen molar-refractivity contribution in [2.45, 2.75) is 44.6 Å². The molecule has 1 aliphatic carbocycles. The highest BCUT2D eigenvalue weighted by Crippen LogP contribution is 2.43. The average molecular weight is 226 g/mol. The van der Waals surface area contributed by atoms with Gasteiger partial charge in [-0.25, -0.2) is 0 Å². The van der Waals surface area contributed by atoms with Crippen molar-refractivity contribution in [1.29, 1.82) is 0 Å². The highest BCUT2D eigenvalue weighted by molar-refractivity contribution is 5.77. The second-order valence-electron chi connectivity index (χ2n) is 5.37. The van der Waals surface area contributed by atoms with Crippen molar-refractivity contribution in [3.8, 4) is 0 Å². The van der Waals surface area contributed by atoms with Crippen LogP contribution in [-0.4, -0.2) is 41.7 Å². The maximum absolute atomic E-state index is 12.1. The van der Waals surface area contributed by atoms with Crippen LogP contribution in [0.25, 0.3) is 0 Å². The topological polar surface area (TPSA) is 66.6 Å². The second-order valence-corrected chi connectivity index (χ2v) is 5.37. The molecule has 16 heavy (non-hydrogen) atoms. The number of nitrogens with two attached hydrogens (primary N) is 1. The van der Waals surface area contributed by atoms with Crippen molar-refractivity contribution in [1.82, 2.24) is 4.90 Å². The lowest BCUT2D eigenvalue weighted by Gasteiger charge is -2.42. The Balaban J connectivity index is 1.87. The third-order valence-corrected chi connectivity index (χ3v) is 4.12. The van der Waals surface area contributed by atoms with Gasteiger partial charge in [-0.05, 0) is 37.6 Å². The first-order valence-corrected chi connectivity index (χ1v) is 6.31. The largest absolute Gasteiger partial charge is 0.391 e. The lowest BCUT2D eigenvalue weighted by Crippen LogP contribution is -2.47. The van der Waals surface area contributed by atoms with Crippen molar-refractivity contribution in [3.05, 3.63) is 0 Å². The highest BCUT2D eigenvalue weighted by atomic mass is 16.3. The standard InChI is InChI=1S/C12H22N2O2/c13-9-12(4-2-5-12)7-11(16)14-6-1-3-10(15)8-14/h10,15H,1-9,13H2. The Labute approximate surface area is 96.8 Å². The molecule has 2 aliphatic rings. The number of hydrogen-bond donors (Lipinski definition) is 2. The summed E-state index contributed by atoms with van der Waals surface area (Å²) in [7, 11) is 0. The van der Waals surface area contributed by atoms with Crippen LogP contribution in [0.4, 0.5) is 0 Å². The molecule has 3 N–H and O–H groups in total. The van der Waals surface area contributed by atoms with Gasteiger partial charge in [-0.15, -0.1) is 0 Å². The molecule has 0 aromatic carbocycles. The minimum Gasteiger partial charge on any atom is -0.391 e. The van der Waals surface area contributed by atoms with Gasteiger partial charge in [0.15, 0.2) is 0 Å². The van der Waals surface area contributed by atoms with Gasteiger partial charge in [-0.1, -0.05) is 6.42 Å². The zero-order chi connectivity index (χ0) is 11.6. The van der Waals surface area contributed by atoms with Crippen LogP contribution in [0.5, 0.6) is 0 Å². The number of hydrogen-bond acceptors (Lipinski definition) is 3. The van der Waals surface area contributed by atoms with Crippen LogP contribution in [0.15, 0.2) is 0 Å². The van der Waals surface area contributed by atoms with Crippen LogP contribution in [0.2, 0.25) is 0 Å². The minimum absolute atomic E-state index is 0.0828. The van der Waals surface area contributed by atoms with Gasteiger partial charge in [0.05, 0.1) is 6.10 Å². The van der Waals surface area contributed by atoms with Gasteiger partial charge in [-0.2, -0.15) is 0 Å². The number of piperidine rings is 1. The van der Waals surface area contributed by atoms with Crippen molar-refractivity contribution in [2.24, 2.45) is 11.1 Å². The molecule has 0 bridgehead atoms. The number of carbonyl (C=O) groups is 1. The van der Waals surface area contributed by atoms with E-state index in [2.05, 4.69) is 0 Å². The van der Waals surface area contributed by atoms with E-state index in [1.54, 1.807) is 0 Å². The molecule has 4 heteroatoms. The fourth-order valence-electron chi connectivity index (χ4n) is 2.74. The number of amides is 1. The Kier molecular flexibility index (Phi) is 3.50. The van der Waals surface area contributed by atoms with Crippen molar-refractivity contribution < 1.29 is 9.90 Å². The van der Waals surface area contributed by atoms with Crippen molar-refractivity contribution in [3.63, 3.8) is 0 Å². The number of aliphatic hydroxyl groups excluding tert-OH is 1.